The van der Waals surface area contributed by atoms with Crippen molar-refractivity contribution >= 4 is 11.6 Å². The van der Waals surface area contributed by atoms with E-state index in [4.69, 9.17) is 5.84 Å². The van der Waals surface area contributed by atoms with Crippen LogP contribution in [0.5, 0.6) is 0 Å². The molecule has 0 aliphatic heterocycles. The van der Waals surface area contributed by atoms with E-state index in [1.807, 2.05) is 17.8 Å². The molecule has 0 atom stereocenters. The molecule has 2 rings (SSSR count). The van der Waals surface area contributed by atoms with Crippen molar-refractivity contribution in [1.82, 2.24) is 14.5 Å². The fourth-order valence-electron chi connectivity index (χ4n) is 1.62. The van der Waals surface area contributed by atoms with E-state index in [0.29, 0.717) is 13.0 Å². The van der Waals surface area contributed by atoms with Crippen molar-refractivity contribution in [2.75, 3.05) is 17.3 Å². The molecule has 0 aliphatic rings. The highest BCUT2D eigenvalue weighted by molar-refractivity contribution is 5.46. The number of nitrogens with one attached hydrogen (secondary N) is 2. The van der Waals surface area contributed by atoms with Gasteiger partial charge in [0.25, 0.3) is 0 Å². The molecular formula is C11H14F2N6. The first-order chi connectivity index (χ1) is 9.11. The number of nitrogens with two attached hydrogens (primary N) is 1. The van der Waals surface area contributed by atoms with E-state index >= 15 is 0 Å². The summed E-state index contributed by atoms with van der Waals surface area (Å²) in [6.07, 6.45) is 4.10. The molecule has 2 heterocycles. The average molecular weight is 268 g/mol. The van der Waals surface area contributed by atoms with E-state index in [9.17, 15) is 8.78 Å². The summed E-state index contributed by atoms with van der Waals surface area (Å²) in [5, 5.41) is 2.78. The van der Waals surface area contributed by atoms with Gasteiger partial charge in [-0.05, 0) is 0 Å². The molecule has 19 heavy (non-hydrogen) atoms. The molecule has 0 unspecified atom stereocenters. The number of aryl methyl sites for hydroxylation is 1. The summed E-state index contributed by atoms with van der Waals surface area (Å²) in [6.45, 7) is 0.421. The number of anilines is 2. The normalized spacial score (nSPS) is 10.5. The largest absolute Gasteiger partial charge is 0.367 e. The molecule has 6 nitrogen and oxygen atoms in total. The number of hydrogen-bond acceptors (Lipinski definition) is 5. The first-order valence-electron chi connectivity index (χ1n) is 5.64. The minimum Gasteiger partial charge on any atom is -0.367 e. The zero-order valence-electron chi connectivity index (χ0n) is 10.3. The maximum Gasteiger partial charge on any atom is 0.178 e. The molecule has 2 aromatic rings. The van der Waals surface area contributed by atoms with Crippen LogP contribution in [0.25, 0.3) is 0 Å². The third-order valence-electron chi connectivity index (χ3n) is 2.63. The number of nitrogens with zero attached hydrogens (tertiary/aromatic N) is 3. The Balaban J connectivity index is 2.01. The lowest BCUT2D eigenvalue weighted by molar-refractivity contribution is 0.578. The van der Waals surface area contributed by atoms with Crippen molar-refractivity contribution in [1.29, 1.82) is 0 Å². The quantitative estimate of drug-likeness (QED) is 0.557. The molecule has 0 radical (unpaired) electrons. The lowest BCUT2D eigenvalue weighted by atomic mass is 10.3. The van der Waals surface area contributed by atoms with Gasteiger partial charge in [-0.25, -0.2) is 24.6 Å². The molecule has 4 N–H and O–H groups in total. The van der Waals surface area contributed by atoms with E-state index in [1.165, 1.54) is 0 Å². The van der Waals surface area contributed by atoms with Gasteiger partial charge in [0.05, 0.1) is 0 Å². The number of aromatic nitrogens is 3. The number of hydrogen-bond donors (Lipinski definition) is 3. The monoisotopic (exact) mass is 268 g/mol. The molecule has 102 valence electrons. The Labute approximate surface area is 108 Å². The highest BCUT2D eigenvalue weighted by Crippen LogP contribution is 2.18. The van der Waals surface area contributed by atoms with E-state index in [-0.39, 0.29) is 11.6 Å². The number of halogens is 2. The van der Waals surface area contributed by atoms with Crippen LogP contribution in [0.1, 0.15) is 5.82 Å². The van der Waals surface area contributed by atoms with Gasteiger partial charge in [0.15, 0.2) is 23.3 Å². The number of imidazole rings is 1. The van der Waals surface area contributed by atoms with Gasteiger partial charge in [0.2, 0.25) is 0 Å². The van der Waals surface area contributed by atoms with Gasteiger partial charge >= 0.3 is 0 Å². The molecule has 0 saturated carbocycles. The van der Waals surface area contributed by atoms with E-state index in [1.54, 1.807) is 6.20 Å². The number of rotatable bonds is 5. The van der Waals surface area contributed by atoms with Crippen molar-refractivity contribution in [2.45, 2.75) is 6.42 Å². The van der Waals surface area contributed by atoms with Crippen molar-refractivity contribution < 1.29 is 8.78 Å². The van der Waals surface area contributed by atoms with Crippen molar-refractivity contribution in [3.8, 4) is 0 Å². The molecule has 2 aromatic heterocycles. The summed E-state index contributed by atoms with van der Waals surface area (Å²) in [5.74, 6) is 4.07. The number of nitrogen functional groups attached to an aromatic ring is 1. The van der Waals surface area contributed by atoms with Gasteiger partial charge in [-0.3, -0.25) is 0 Å². The van der Waals surface area contributed by atoms with Gasteiger partial charge in [-0.1, -0.05) is 0 Å². The summed E-state index contributed by atoms with van der Waals surface area (Å²) < 4.78 is 28.5. The second-order valence-corrected chi connectivity index (χ2v) is 3.92. The Hall–Kier alpha value is -2.22. The lowest BCUT2D eigenvalue weighted by Crippen LogP contribution is -2.15. The van der Waals surface area contributed by atoms with Gasteiger partial charge in [-0.15, -0.1) is 0 Å². The molecular weight excluding hydrogens is 254 g/mol. The molecule has 0 aromatic carbocycles. The topological polar surface area (TPSA) is 80.8 Å². The Kier molecular flexibility index (Phi) is 3.91. The smallest absolute Gasteiger partial charge is 0.178 e. The summed E-state index contributed by atoms with van der Waals surface area (Å²) in [5.41, 5.74) is 2.07. The third kappa shape index (κ3) is 2.97. The van der Waals surface area contributed by atoms with Gasteiger partial charge in [-0.2, -0.15) is 0 Å². The number of pyridine rings is 1. The maximum atomic E-state index is 13.5. The molecule has 0 aliphatic carbocycles. The Morgan fingerprint density at radius 3 is 2.68 bits per heavy atom. The van der Waals surface area contributed by atoms with Crippen LogP contribution in [0.2, 0.25) is 0 Å². The first-order valence-corrected chi connectivity index (χ1v) is 5.64. The van der Waals surface area contributed by atoms with Crippen LogP contribution >= 0.6 is 0 Å². The molecule has 8 heteroatoms. The highest BCUT2D eigenvalue weighted by Gasteiger charge is 2.11. The summed E-state index contributed by atoms with van der Waals surface area (Å²) in [7, 11) is 1.87. The fraction of sp³-hybridized carbons (Fsp3) is 0.273. The van der Waals surface area contributed by atoms with Crippen molar-refractivity contribution in [2.24, 2.45) is 12.9 Å². The minimum absolute atomic E-state index is 0.0523. The van der Waals surface area contributed by atoms with Crippen LogP contribution < -0.4 is 16.6 Å². The Morgan fingerprint density at radius 2 is 2.05 bits per heavy atom. The van der Waals surface area contributed by atoms with E-state index in [2.05, 4.69) is 20.7 Å². The predicted octanol–water partition coefficient (Wildman–Crippen LogP) is 1.03. The summed E-state index contributed by atoms with van der Waals surface area (Å²) in [4.78, 5) is 7.84. The fourth-order valence-corrected chi connectivity index (χ4v) is 1.62. The highest BCUT2D eigenvalue weighted by atomic mass is 19.1. The zero-order valence-corrected chi connectivity index (χ0v) is 10.3. The van der Waals surface area contributed by atoms with Crippen LogP contribution in [-0.2, 0) is 13.5 Å². The standard InChI is InChI=1S/C11H14F2N6/c1-19-5-4-15-9(19)2-3-16-10-7(12)6-8(13)11(17-10)18-14/h4-6H,2-3,14H2,1H3,(H2,16,17,18). The minimum atomic E-state index is -0.838. The lowest BCUT2D eigenvalue weighted by Gasteiger charge is -2.09. The van der Waals surface area contributed by atoms with Crippen LogP contribution in [0.4, 0.5) is 20.4 Å². The maximum absolute atomic E-state index is 13.5. The van der Waals surface area contributed by atoms with Crippen molar-refractivity contribution in [3.63, 3.8) is 0 Å². The average Bonchev–Trinajstić information content (AvgIpc) is 2.78. The number of hydrazine groups is 1. The van der Waals surface area contributed by atoms with Crippen molar-refractivity contribution in [3.05, 3.63) is 35.9 Å². The molecule has 0 saturated heterocycles. The van der Waals surface area contributed by atoms with Crippen LogP contribution in [-0.4, -0.2) is 21.1 Å². The van der Waals surface area contributed by atoms with Gasteiger partial charge in [0, 0.05) is 38.5 Å². The van der Waals surface area contributed by atoms with Crippen LogP contribution in [0.3, 0.4) is 0 Å². The SMILES string of the molecule is Cn1ccnc1CCNc1nc(NN)c(F)cc1F. The van der Waals surface area contributed by atoms with Crippen LogP contribution in [0.15, 0.2) is 18.5 Å². The Bertz CT molecular complexity index is 568. The van der Waals surface area contributed by atoms with E-state index < -0.39 is 11.6 Å². The summed E-state index contributed by atoms with van der Waals surface area (Å²) in [6, 6.07) is 0.727. The first kappa shape index (κ1) is 13.2. The van der Waals surface area contributed by atoms with E-state index in [0.717, 1.165) is 11.9 Å². The van der Waals surface area contributed by atoms with Gasteiger partial charge < -0.3 is 15.3 Å². The van der Waals surface area contributed by atoms with Gasteiger partial charge in [0.1, 0.15) is 5.82 Å². The molecule has 0 fully saturated rings. The third-order valence-corrected chi connectivity index (χ3v) is 2.63. The summed E-state index contributed by atoms with van der Waals surface area (Å²) >= 11 is 0. The zero-order chi connectivity index (χ0) is 13.8. The molecule has 0 amide bonds. The second-order valence-electron chi connectivity index (χ2n) is 3.92. The van der Waals surface area contributed by atoms with Crippen LogP contribution in [0, 0.1) is 11.6 Å². The molecule has 0 spiro atoms. The Morgan fingerprint density at radius 1 is 1.32 bits per heavy atom. The molecule has 0 bridgehead atoms. The second kappa shape index (κ2) is 5.61. The predicted molar refractivity (Wildman–Crippen MR) is 67.4 cm³/mol.